The Bertz CT molecular complexity index is 599. The van der Waals surface area contributed by atoms with Gasteiger partial charge in [0.15, 0.2) is 0 Å². The van der Waals surface area contributed by atoms with Crippen molar-refractivity contribution < 1.29 is 19.8 Å². The Labute approximate surface area is 169 Å². The van der Waals surface area contributed by atoms with E-state index in [0.29, 0.717) is 26.2 Å². The Morgan fingerprint density at radius 2 is 0.821 bits per heavy atom. The minimum atomic E-state index is -1.10. The van der Waals surface area contributed by atoms with Crippen molar-refractivity contribution in [1.82, 2.24) is 10.6 Å². The van der Waals surface area contributed by atoms with Gasteiger partial charge in [0.2, 0.25) is 0 Å². The Hall–Kier alpha value is -1.40. The lowest BCUT2D eigenvalue weighted by Crippen LogP contribution is -2.57. The SMILES string of the molecule is CC1(C)CNCC(C)(C)C1/C(C(=O)O)=C(/C(=O)O)C1C(C)(C)CNCC1(C)C. The highest BCUT2D eigenvalue weighted by Crippen LogP contribution is 2.53. The summed E-state index contributed by atoms with van der Waals surface area (Å²) in [5, 5.41) is 27.4. The Kier molecular flexibility index (Phi) is 5.83. The molecule has 0 aromatic rings. The summed E-state index contributed by atoms with van der Waals surface area (Å²) in [6, 6.07) is 0. The Morgan fingerprint density at radius 3 is 1.00 bits per heavy atom. The zero-order valence-electron chi connectivity index (χ0n) is 18.7. The van der Waals surface area contributed by atoms with Gasteiger partial charge in [-0.3, -0.25) is 0 Å². The third-order valence-corrected chi connectivity index (χ3v) is 6.78. The van der Waals surface area contributed by atoms with Crippen LogP contribution in [0.2, 0.25) is 0 Å². The molecule has 0 aromatic heterocycles. The highest BCUT2D eigenvalue weighted by atomic mass is 16.4. The van der Waals surface area contributed by atoms with E-state index in [1.165, 1.54) is 0 Å². The fourth-order valence-electron chi connectivity index (χ4n) is 6.29. The van der Waals surface area contributed by atoms with Crippen molar-refractivity contribution in [3.8, 4) is 0 Å². The predicted octanol–water partition coefficient (Wildman–Crippen LogP) is 3.00. The zero-order valence-corrected chi connectivity index (χ0v) is 18.7. The summed E-state index contributed by atoms with van der Waals surface area (Å²) >= 11 is 0. The fourth-order valence-corrected chi connectivity index (χ4v) is 6.29. The summed E-state index contributed by atoms with van der Waals surface area (Å²) in [7, 11) is 0. The molecule has 0 bridgehead atoms. The van der Waals surface area contributed by atoms with E-state index in [0.717, 1.165) is 0 Å². The highest BCUT2D eigenvalue weighted by molar-refractivity contribution is 6.00. The van der Waals surface area contributed by atoms with Crippen molar-refractivity contribution in [2.24, 2.45) is 33.5 Å². The molecule has 6 nitrogen and oxygen atoms in total. The standard InChI is InChI=1S/C22H38N2O4/c1-19(2)9-23-10-20(3,4)15(19)13(17(25)26)14(18(27)28)16-21(5,6)11-24-12-22(16,7)8/h15-16,23-24H,9-12H2,1-8H3,(H,25,26)(H,27,28)/b14-13-. The molecule has 0 unspecified atom stereocenters. The van der Waals surface area contributed by atoms with Gasteiger partial charge in [0.25, 0.3) is 0 Å². The van der Waals surface area contributed by atoms with Crippen LogP contribution in [0.3, 0.4) is 0 Å². The molecular weight excluding hydrogens is 356 g/mol. The molecule has 0 atom stereocenters. The highest BCUT2D eigenvalue weighted by Gasteiger charge is 2.54. The molecule has 160 valence electrons. The zero-order chi connectivity index (χ0) is 21.7. The lowest BCUT2D eigenvalue weighted by Gasteiger charge is -2.53. The van der Waals surface area contributed by atoms with E-state index in [4.69, 9.17) is 0 Å². The molecule has 4 N–H and O–H groups in total. The number of nitrogens with one attached hydrogen (secondary N) is 2. The first kappa shape index (κ1) is 22.9. The van der Waals surface area contributed by atoms with Crippen molar-refractivity contribution in [1.29, 1.82) is 0 Å². The number of carboxylic acids is 2. The molecule has 2 aliphatic rings. The van der Waals surface area contributed by atoms with Gasteiger partial charge >= 0.3 is 11.9 Å². The maximum Gasteiger partial charge on any atom is 0.332 e. The quantitative estimate of drug-likeness (QED) is 0.547. The second-order valence-corrected chi connectivity index (χ2v) is 11.5. The van der Waals surface area contributed by atoms with Crippen LogP contribution in [0.4, 0.5) is 0 Å². The second kappa shape index (κ2) is 7.13. The molecular formula is C22H38N2O4. The summed E-state index contributed by atoms with van der Waals surface area (Å²) < 4.78 is 0. The average Bonchev–Trinajstić information content (AvgIpc) is 2.45. The first-order valence-electron chi connectivity index (χ1n) is 10.2. The lowest BCUT2D eigenvalue weighted by molar-refractivity contribution is -0.139. The van der Waals surface area contributed by atoms with E-state index in [9.17, 15) is 19.8 Å². The van der Waals surface area contributed by atoms with Gasteiger partial charge < -0.3 is 20.8 Å². The van der Waals surface area contributed by atoms with E-state index < -0.39 is 11.9 Å². The predicted molar refractivity (Wildman–Crippen MR) is 110 cm³/mol. The molecule has 2 fully saturated rings. The van der Waals surface area contributed by atoms with Crippen LogP contribution in [0.25, 0.3) is 0 Å². The summed E-state index contributed by atoms with van der Waals surface area (Å²) in [6.45, 7) is 18.9. The largest absolute Gasteiger partial charge is 0.478 e. The number of hydrogen-bond acceptors (Lipinski definition) is 4. The molecule has 0 aromatic carbocycles. The molecule has 0 amide bonds. The molecule has 6 heteroatoms. The fraction of sp³-hybridized carbons (Fsp3) is 0.818. The van der Waals surface area contributed by atoms with E-state index in [1.54, 1.807) is 0 Å². The van der Waals surface area contributed by atoms with Crippen LogP contribution in [-0.2, 0) is 9.59 Å². The van der Waals surface area contributed by atoms with Crippen molar-refractivity contribution in [2.45, 2.75) is 55.4 Å². The van der Waals surface area contributed by atoms with Crippen molar-refractivity contribution >= 4 is 11.9 Å². The number of carboxylic acid groups (broad SMARTS) is 2. The maximum atomic E-state index is 12.6. The normalized spacial score (nSPS) is 27.7. The number of hydrogen-bond donors (Lipinski definition) is 4. The third-order valence-electron chi connectivity index (χ3n) is 6.78. The lowest BCUT2D eigenvalue weighted by atomic mass is 9.54. The molecule has 2 rings (SSSR count). The first-order valence-corrected chi connectivity index (χ1v) is 10.2. The summed E-state index contributed by atoms with van der Waals surface area (Å²) in [5.41, 5.74) is -1.32. The van der Waals surface area contributed by atoms with Crippen LogP contribution < -0.4 is 10.6 Å². The summed E-state index contributed by atoms with van der Waals surface area (Å²) in [5.74, 6) is -2.94. The molecule has 0 spiro atoms. The van der Waals surface area contributed by atoms with Gasteiger partial charge in [-0.25, -0.2) is 9.59 Å². The van der Waals surface area contributed by atoms with E-state index in [2.05, 4.69) is 10.6 Å². The second-order valence-electron chi connectivity index (χ2n) is 11.5. The van der Waals surface area contributed by atoms with Gasteiger partial charge in [0.05, 0.1) is 11.1 Å². The number of carbonyl (C=O) groups is 2. The van der Waals surface area contributed by atoms with Gasteiger partial charge in [-0.1, -0.05) is 55.4 Å². The average molecular weight is 395 g/mol. The number of piperidine rings is 2. The van der Waals surface area contributed by atoms with Gasteiger partial charge in [-0.15, -0.1) is 0 Å². The smallest absolute Gasteiger partial charge is 0.332 e. The molecule has 0 aliphatic carbocycles. The van der Waals surface area contributed by atoms with Crippen LogP contribution in [0, 0.1) is 33.5 Å². The summed E-state index contributed by atoms with van der Waals surface area (Å²) in [4.78, 5) is 25.3. The summed E-state index contributed by atoms with van der Waals surface area (Å²) in [6.07, 6.45) is 0. The van der Waals surface area contributed by atoms with Crippen LogP contribution in [0.1, 0.15) is 55.4 Å². The van der Waals surface area contributed by atoms with Crippen molar-refractivity contribution in [3.63, 3.8) is 0 Å². The maximum absolute atomic E-state index is 12.6. The molecule has 2 saturated heterocycles. The third kappa shape index (κ3) is 3.99. The monoisotopic (exact) mass is 394 g/mol. The minimum Gasteiger partial charge on any atom is -0.478 e. The van der Waals surface area contributed by atoms with Gasteiger partial charge in [0, 0.05) is 38.0 Å². The number of aliphatic carboxylic acids is 2. The molecule has 0 radical (unpaired) electrons. The minimum absolute atomic E-state index is 0.0945. The van der Waals surface area contributed by atoms with Gasteiger partial charge in [-0.05, 0) is 21.7 Å². The van der Waals surface area contributed by atoms with E-state index >= 15 is 0 Å². The van der Waals surface area contributed by atoms with Crippen molar-refractivity contribution in [3.05, 3.63) is 11.1 Å². The van der Waals surface area contributed by atoms with Crippen molar-refractivity contribution in [2.75, 3.05) is 26.2 Å². The molecule has 2 heterocycles. The molecule has 0 saturated carbocycles. The van der Waals surface area contributed by atoms with Gasteiger partial charge in [-0.2, -0.15) is 0 Å². The van der Waals surface area contributed by atoms with E-state index in [1.807, 2.05) is 55.4 Å². The Balaban J connectivity index is 2.85. The van der Waals surface area contributed by atoms with Crippen LogP contribution in [-0.4, -0.2) is 48.3 Å². The van der Waals surface area contributed by atoms with Gasteiger partial charge in [0.1, 0.15) is 0 Å². The number of rotatable bonds is 4. The van der Waals surface area contributed by atoms with Crippen LogP contribution in [0.5, 0.6) is 0 Å². The van der Waals surface area contributed by atoms with Crippen LogP contribution >= 0.6 is 0 Å². The topological polar surface area (TPSA) is 98.7 Å². The molecule has 28 heavy (non-hydrogen) atoms. The van der Waals surface area contributed by atoms with Crippen LogP contribution in [0.15, 0.2) is 11.1 Å². The Morgan fingerprint density at radius 1 is 0.607 bits per heavy atom. The molecule has 2 aliphatic heterocycles. The van der Waals surface area contributed by atoms with E-state index in [-0.39, 0.29) is 44.6 Å². The first-order chi connectivity index (χ1) is 12.5.